The molecular formula is C15H19Cl2NO3. The van der Waals surface area contributed by atoms with Gasteiger partial charge < -0.3 is 9.64 Å². The van der Waals surface area contributed by atoms with Crippen molar-refractivity contribution in [2.45, 2.75) is 39.3 Å². The van der Waals surface area contributed by atoms with Gasteiger partial charge in [0.2, 0.25) is 0 Å². The molecule has 0 aliphatic rings. The van der Waals surface area contributed by atoms with E-state index in [0.717, 1.165) is 0 Å². The minimum atomic E-state index is -1.17. The lowest BCUT2D eigenvalue weighted by atomic mass is 10.0. The van der Waals surface area contributed by atoms with Crippen LogP contribution in [0.4, 0.5) is 4.79 Å². The van der Waals surface area contributed by atoms with E-state index < -0.39 is 16.9 Å². The fourth-order valence-corrected chi connectivity index (χ4v) is 2.22. The van der Waals surface area contributed by atoms with Gasteiger partial charge in [0.1, 0.15) is 5.54 Å². The molecule has 21 heavy (non-hydrogen) atoms. The van der Waals surface area contributed by atoms with E-state index in [0.29, 0.717) is 23.6 Å². The van der Waals surface area contributed by atoms with Crippen molar-refractivity contribution in [1.82, 2.24) is 4.90 Å². The zero-order valence-corrected chi connectivity index (χ0v) is 13.9. The van der Waals surface area contributed by atoms with Crippen molar-refractivity contribution in [3.05, 3.63) is 34.9 Å². The number of nitrogens with zero attached hydrogens (tertiary/aromatic N) is 1. The largest absolute Gasteiger partial charge is 0.464 e. The van der Waals surface area contributed by atoms with Crippen molar-refractivity contribution in [3.63, 3.8) is 0 Å². The standard InChI is InChI=1S/C15H19Cl2NO3/c1-4-9-21-13(19)15(2,3)18(14(17)20)10-11-7-5-6-8-12(11)16/h5-8H,4,9-10H2,1-3H3. The van der Waals surface area contributed by atoms with Gasteiger partial charge in [-0.3, -0.25) is 4.79 Å². The Morgan fingerprint density at radius 3 is 2.43 bits per heavy atom. The van der Waals surface area contributed by atoms with Crippen molar-refractivity contribution < 1.29 is 14.3 Å². The van der Waals surface area contributed by atoms with Gasteiger partial charge in [-0.25, -0.2) is 4.79 Å². The van der Waals surface area contributed by atoms with Gasteiger partial charge in [-0.15, -0.1) is 0 Å². The maximum absolute atomic E-state index is 12.1. The number of amides is 1. The van der Waals surface area contributed by atoms with Crippen molar-refractivity contribution in [1.29, 1.82) is 0 Å². The summed E-state index contributed by atoms with van der Waals surface area (Å²) in [5.41, 5.74) is -0.461. The lowest BCUT2D eigenvalue weighted by Crippen LogP contribution is -2.51. The third kappa shape index (κ3) is 4.61. The van der Waals surface area contributed by atoms with Crippen LogP contribution in [0.1, 0.15) is 32.8 Å². The lowest BCUT2D eigenvalue weighted by molar-refractivity contribution is -0.154. The second-order valence-electron chi connectivity index (χ2n) is 5.13. The molecule has 1 amide bonds. The summed E-state index contributed by atoms with van der Waals surface area (Å²) >= 11 is 11.7. The fourth-order valence-electron chi connectivity index (χ4n) is 1.76. The van der Waals surface area contributed by atoms with Gasteiger partial charge in [-0.2, -0.15) is 0 Å². The summed E-state index contributed by atoms with van der Waals surface area (Å²) in [4.78, 5) is 25.1. The molecule has 0 aliphatic carbocycles. The van der Waals surface area contributed by atoms with E-state index in [-0.39, 0.29) is 6.54 Å². The van der Waals surface area contributed by atoms with Crippen molar-refractivity contribution in [2.24, 2.45) is 0 Å². The number of esters is 1. The van der Waals surface area contributed by atoms with Gasteiger partial charge in [0.25, 0.3) is 0 Å². The molecule has 0 spiro atoms. The summed E-state index contributed by atoms with van der Waals surface area (Å²) in [5.74, 6) is -0.495. The van der Waals surface area contributed by atoms with Crippen molar-refractivity contribution in [2.75, 3.05) is 6.61 Å². The van der Waals surface area contributed by atoms with Crippen LogP contribution >= 0.6 is 23.2 Å². The molecule has 1 aromatic carbocycles. The minimum Gasteiger partial charge on any atom is -0.464 e. The summed E-state index contributed by atoms with van der Waals surface area (Å²) in [6.07, 6.45) is 0.709. The normalized spacial score (nSPS) is 11.1. The van der Waals surface area contributed by atoms with Crippen LogP contribution in [-0.4, -0.2) is 28.4 Å². The first-order valence-corrected chi connectivity index (χ1v) is 7.44. The van der Waals surface area contributed by atoms with E-state index in [1.165, 1.54) is 4.90 Å². The summed E-state index contributed by atoms with van der Waals surface area (Å²) in [6.45, 7) is 5.54. The maximum Gasteiger partial charge on any atom is 0.331 e. The molecule has 4 nitrogen and oxygen atoms in total. The summed E-state index contributed by atoms with van der Waals surface area (Å²) in [5, 5.41) is -0.216. The number of ether oxygens (including phenoxy) is 1. The predicted octanol–water partition coefficient (Wildman–Crippen LogP) is 4.23. The topological polar surface area (TPSA) is 46.6 Å². The quantitative estimate of drug-likeness (QED) is 0.445. The molecule has 0 atom stereocenters. The van der Waals surface area contributed by atoms with Gasteiger partial charge in [0.15, 0.2) is 0 Å². The Morgan fingerprint density at radius 1 is 1.29 bits per heavy atom. The zero-order valence-electron chi connectivity index (χ0n) is 12.4. The van der Waals surface area contributed by atoms with Crippen molar-refractivity contribution >= 4 is 34.5 Å². The number of rotatable bonds is 6. The second-order valence-corrected chi connectivity index (χ2v) is 5.86. The molecule has 0 aliphatic heterocycles. The lowest BCUT2D eigenvalue weighted by Gasteiger charge is -2.35. The Labute approximate surface area is 135 Å². The number of carbonyl (C=O) groups is 2. The van der Waals surface area contributed by atoms with Crippen LogP contribution < -0.4 is 0 Å². The number of benzene rings is 1. The monoisotopic (exact) mass is 331 g/mol. The molecule has 0 heterocycles. The molecule has 0 aromatic heterocycles. The number of hydrogen-bond acceptors (Lipinski definition) is 3. The molecule has 0 saturated heterocycles. The highest BCUT2D eigenvalue weighted by Gasteiger charge is 2.39. The molecule has 0 bridgehead atoms. The molecule has 6 heteroatoms. The van der Waals surface area contributed by atoms with Gasteiger partial charge in [0.05, 0.1) is 6.61 Å². The van der Waals surface area contributed by atoms with E-state index in [1.807, 2.05) is 6.92 Å². The van der Waals surface area contributed by atoms with E-state index >= 15 is 0 Å². The predicted molar refractivity (Wildman–Crippen MR) is 83.6 cm³/mol. The average molecular weight is 332 g/mol. The summed E-state index contributed by atoms with van der Waals surface area (Å²) in [7, 11) is 0. The van der Waals surface area contributed by atoms with E-state index in [9.17, 15) is 9.59 Å². The number of hydrogen-bond donors (Lipinski definition) is 0. The third-order valence-electron chi connectivity index (χ3n) is 3.11. The molecular weight excluding hydrogens is 313 g/mol. The molecule has 0 N–H and O–H groups in total. The van der Waals surface area contributed by atoms with E-state index in [2.05, 4.69) is 0 Å². The summed E-state index contributed by atoms with van der Waals surface area (Å²) < 4.78 is 5.13. The molecule has 1 rings (SSSR count). The first kappa shape index (κ1) is 17.8. The van der Waals surface area contributed by atoms with Crippen LogP contribution in [0.15, 0.2) is 24.3 Å². The molecule has 1 aromatic rings. The Morgan fingerprint density at radius 2 is 1.90 bits per heavy atom. The molecule has 116 valence electrons. The highest BCUT2D eigenvalue weighted by molar-refractivity contribution is 6.63. The highest BCUT2D eigenvalue weighted by Crippen LogP contribution is 2.25. The fraction of sp³-hybridized carbons (Fsp3) is 0.467. The number of carbonyl (C=O) groups excluding carboxylic acids is 2. The highest BCUT2D eigenvalue weighted by atomic mass is 35.5. The third-order valence-corrected chi connectivity index (χ3v) is 3.68. The molecule has 0 radical (unpaired) electrons. The second kappa shape index (κ2) is 7.66. The van der Waals surface area contributed by atoms with Crippen LogP contribution in [0.2, 0.25) is 5.02 Å². The van der Waals surface area contributed by atoms with E-state index in [1.54, 1.807) is 38.1 Å². The van der Waals surface area contributed by atoms with Gasteiger partial charge >= 0.3 is 11.3 Å². The average Bonchev–Trinajstić information content (AvgIpc) is 2.43. The SMILES string of the molecule is CCCOC(=O)C(C)(C)N(Cc1ccccc1Cl)C(=O)Cl. The van der Waals surface area contributed by atoms with Gasteiger partial charge in [0, 0.05) is 11.6 Å². The molecule has 0 fully saturated rings. The smallest absolute Gasteiger partial charge is 0.331 e. The van der Waals surface area contributed by atoms with Gasteiger partial charge in [-0.05, 0) is 43.5 Å². The maximum atomic E-state index is 12.1. The van der Waals surface area contributed by atoms with Crippen molar-refractivity contribution in [3.8, 4) is 0 Å². The van der Waals surface area contributed by atoms with Crippen LogP contribution in [0.5, 0.6) is 0 Å². The first-order valence-electron chi connectivity index (χ1n) is 6.68. The Bertz CT molecular complexity index is 517. The molecule has 0 unspecified atom stereocenters. The molecule has 0 saturated carbocycles. The minimum absolute atomic E-state index is 0.135. The zero-order chi connectivity index (χ0) is 16.0. The first-order chi connectivity index (χ1) is 9.80. The van der Waals surface area contributed by atoms with Crippen LogP contribution in [0.25, 0.3) is 0 Å². The van der Waals surface area contributed by atoms with Crippen LogP contribution in [0.3, 0.4) is 0 Å². The Hall–Kier alpha value is -1.26. The Balaban J connectivity index is 2.98. The van der Waals surface area contributed by atoms with Crippen LogP contribution in [0, 0.1) is 0 Å². The van der Waals surface area contributed by atoms with Crippen LogP contribution in [-0.2, 0) is 16.1 Å². The van der Waals surface area contributed by atoms with Gasteiger partial charge in [-0.1, -0.05) is 36.7 Å². The summed E-state index contributed by atoms with van der Waals surface area (Å²) in [6, 6.07) is 7.10. The Kier molecular flexibility index (Phi) is 6.49. The number of halogens is 2. The van der Waals surface area contributed by atoms with E-state index in [4.69, 9.17) is 27.9 Å².